The van der Waals surface area contributed by atoms with Gasteiger partial charge in [0.05, 0.1) is 0 Å². The van der Waals surface area contributed by atoms with Crippen LogP contribution in [0.1, 0.15) is 32.4 Å². The van der Waals surface area contributed by atoms with Crippen LogP contribution in [0.25, 0.3) is 0 Å². The minimum atomic E-state index is -4.67. The van der Waals surface area contributed by atoms with E-state index in [1.165, 1.54) is 18.2 Å². The molecule has 0 aromatic heterocycles. The highest BCUT2D eigenvalue weighted by molar-refractivity contribution is 5.30. The Labute approximate surface area is 98.0 Å². The number of aliphatic hydroxyl groups is 1. The number of benzene rings is 1. The van der Waals surface area contributed by atoms with E-state index in [2.05, 4.69) is 0 Å². The minimum absolute atomic E-state index is 0.223. The van der Waals surface area contributed by atoms with E-state index in [1.54, 1.807) is 26.8 Å². The molecule has 2 nitrogen and oxygen atoms in total. The summed E-state index contributed by atoms with van der Waals surface area (Å²) in [6, 6.07) is 5.39. The molecule has 1 aromatic carbocycles. The van der Waals surface area contributed by atoms with Gasteiger partial charge in [-0.3, -0.25) is 0 Å². The van der Waals surface area contributed by atoms with Crippen LogP contribution in [0.4, 0.5) is 13.2 Å². The molecule has 1 rings (SSSR count). The molecule has 0 amide bonds. The number of hydrogen-bond acceptors (Lipinski definition) is 2. The summed E-state index contributed by atoms with van der Waals surface area (Å²) >= 11 is 0. The molecule has 0 aliphatic heterocycles. The van der Waals surface area contributed by atoms with E-state index in [4.69, 9.17) is 9.84 Å². The van der Waals surface area contributed by atoms with Crippen LogP contribution in [0.3, 0.4) is 0 Å². The molecule has 0 spiro atoms. The van der Waals surface area contributed by atoms with Crippen molar-refractivity contribution >= 4 is 0 Å². The van der Waals surface area contributed by atoms with Crippen LogP contribution in [-0.2, 0) is 0 Å². The molecule has 0 bridgehead atoms. The summed E-state index contributed by atoms with van der Waals surface area (Å²) in [6.07, 6.45) is -7.15. The zero-order valence-electron chi connectivity index (χ0n) is 9.88. The smallest absolute Gasteiger partial charge is 0.418 e. The van der Waals surface area contributed by atoms with Crippen LogP contribution in [-0.4, -0.2) is 16.9 Å². The third-order valence-electron chi connectivity index (χ3n) is 1.91. The van der Waals surface area contributed by atoms with Crippen molar-refractivity contribution in [3.05, 3.63) is 29.8 Å². The van der Waals surface area contributed by atoms with Gasteiger partial charge in [0.15, 0.2) is 6.10 Å². The highest BCUT2D eigenvalue weighted by Crippen LogP contribution is 2.34. The Balaban J connectivity index is 2.94. The highest BCUT2D eigenvalue weighted by Gasteiger charge is 2.39. The van der Waals surface area contributed by atoms with Crippen molar-refractivity contribution in [2.24, 2.45) is 0 Å². The fourth-order valence-corrected chi connectivity index (χ4v) is 1.29. The molecule has 5 heteroatoms. The average molecular weight is 248 g/mol. The standard InChI is InChI=1S/C12H15F3O2/c1-11(2,3)17-9-6-4-5-8(7-9)10(16)12(13,14)15/h4-7,10,16H,1-3H3. The molecule has 0 heterocycles. The van der Waals surface area contributed by atoms with Crippen LogP contribution in [0.15, 0.2) is 24.3 Å². The quantitative estimate of drug-likeness (QED) is 0.868. The van der Waals surface area contributed by atoms with E-state index in [-0.39, 0.29) is 5.56 Å². The van der Waals surface area contributed by atoms with E-state index in [9.17, 15) is 13.2 Å². The second-order valence-electron chi connectivity index (χ2n) is 4.73. The lowest BCUT2D eigenvalue weighted by atomic mass is 10.1. The minimum Gasteiger partial charge on any atom is -0.488 e. The monoisotopic (exact) mass is 248 g/mol. The molecular weight excluding hydrogens is 233 g/mol. The maximum Gasteiger partial charge on any atom is 0.418 e. The summed E-state index contributed by atoms with van der Waals surface area (Å²) in [5, 5.41) is 9.10. The number of halogens is 3. The Hall–Kier alpha value is -1.23. The molecule has 1 atom stereocenters. The van der Waals surface area contributed by atoms with Crippen molar-refractivity contribution in [2.75, 3.05) is 0 Å². The normalized spacial score (nSPS) is 14.5. The first-order valence-electron chi connectivity index (χ1n) is 5.13. The highest BCUT2D eigenvalue weighted by atomic mass is 19.4. The van der Waals surface area contributed by atoms with Crippen LogP contribution >= 0.6 is 0 Å². The maximum atomic E-state index is 12.3. The van der Waals surface area contributed by atoms with Crippen LogP contribution in [0, 0.1) is 0 Å². The fourth-order valence-electron chi connectivity index (χ4n) is 1.29. The van der Waals surface area contributed by atoms with Crippen molar-refractivity contribution in [1.82, 2.24) is 0 Å². The zero-order valence-corrected chi connectivity index (χ0v) is 9.88. The van der Waals surface area contributed by atoms with Crippen molar-refractivity contribution in [3.63, 3.8) is 0 Å². The third kappa shape index (κ3) is 4.26. The van der Waals surface area contributed by atoms with Gasteiger partial charge < -0.3 is 9.84 Å². The largest absolute Gasteiger partial charge is 0.488 e. The summed E-state index contributed by atoms with van der Waals surface area (Å²) in [5.74, 6) is 0.304. The van der Waals surface area contributed by atoms with E-state index < -0.39 is 17.9 Å². The predicted molar refractivity (Wildman–Crippen MR) is 57.8 cm³/mol. The second-order valence-corrected chi connectivity index (χ2v) is 4.73. The average Bonchev–Trinajstić information content (AvgIpc) is 2.12. The van der Waals surface area contributed by atoms with E-state index in [0.717, 1.165) is 0 Å². The number of hydrogen-bond donors (Lipinski definition) is 1. The summed E-state index contributed by atoms with van der Waals surface area (Å²) in [7, 11) is 0. The number of aliphatic hydroxyl groups excluding tert-OH is 1. The molecule has 1 aromatic rings. The Morgan fingerprint density at radius 2 is 1.76 bits per heavy atom. The van der Waals surface area contributed by atoms with Gasteiger partial charge in [-0.25, -0.2) is 0 Å². The molecule has 0 fully saturated rings. The summed E-state index contributed by atoms with van der Waals surface area (Å²) < 4.78 is 42.4. The first-order chi connectivity index (χ1) is 7.59. The van der Waals surface area contributed by atoms with Gasteiger partial charge in [0.1, 0.15) is 11.4 Å². The lowest BCUT2D eigenvalue weighted by molar-refractivity contribution is -0.206. The summed E-state index contributed by atoms with van der Waals surface area (Å²) in [5.41, 5.74) is -0.721. The van der Waals surface area contributed by atoms with Crippen molar-refractivity contribution < 1.29 is 23.0 Å². The molecule has 1 N–H and O–H groups in total. The number of alkyl halides is 3. The van der Waals surface area contributed by atoms with Gasteiger partial charge in [-0.2, -0.15) is 13.2 Å². The van der Waals surface area contributed by atoms with E-state index in [0.29, 0.717) is 5.75 Å². The molecule has 0 aliphatic carbocycles. The van der Waals surface area contributed by atoms with Gasteiger partial charge in [-0.1, -0.05) is 12.1 Å². The first-order valence-corrected chi connectivity index (χ1v) is 5.13. The lowest BCUT2D eigenvalue weighted by Gasteiger charge is -2.22. The predicted octanol–water partition coefficient (Wildman–Crippen LogP) is 3.46. The van der Waals surface area contributed by atoms with Gasteiger partial charge in [-0.15, -0.1) is 0 Å². The Morgan fingerprint density at radius 3 is 2.24 bits per heavy atom. The topological polar surface area (TPSA) is 29.5 Å². The Bertz CT molecular complexity index is 380. The number of ether oxygens (including phenoxy) is 1. The number of rotatable bonds is 2. The van der Waals surface area contributed by atoms with Gasteiger partial charge in [0.2, 0.25) is 0 Å². The van der Waals surface area contributed by atoms with Gasteiger partial charge >= 0.3 is 6.18 Å². The van der Waals surface area contributed by atoms with Gasteiger partial charge in [0, 0.05) is 0 Å². The molecule has 1 unspecified atom stereocenters. The Morgan fingerprint density at radius 1 is 1.18 bits per heavy atom. The van der Waals surface area contributed by atoms with Crippen molar-refractivity contribution in [2.45, 2.75) is 38.7 Å². The lowest BCUT2D eigenvalue weighted by Crippen LogP contribution is -2.23. The van der Waals surface area contributed by atoms with Crippen LogP contribution in [0.5, 0.6) is 5.75 Å². The third-order valence-corrected chi connectivity index (χ3v) is 1.91. The van der Waals surface area contributed by atoms with E-state index in [1.807, 2.05) is 0 Å². The summed E-state index contributed by atoms with van der Waals surface area (Å²) in [6.45, 7) is 5.37. The SMILES string of the molecule is CC(C)(C)Oc1cccc(C(O)C(F)(F)F)c1. The van der Waals surface area contributed by atoms with Gasteiger partial charge in [-0.05, 0) is 38.5 Å². The van der Waals surface area contributed by atoms with Crippen molar-refractivity contribution in [1.29, 1.82) is 0 Å². The van der Waals surface area contributed by atoms with Gasteiger partial charge in [0.25, 0.3) is 0 Å². The molecule has 0 aliphatic rings. The molecule has 17 heavy (non-hydrogen) atoms. The molecule has 0 radical (unpaired) electrons. The second kappa shape index (κ2) is 4.56. The molecule has 96 valence electrons. The fraction of sp³-hybridized carbons (Fsp3) is 0.500. The van der Waals surface area contributed by atoms with Crippen LogP contribution in [0.2, 0.25) is 0 Å². The Kier molecular flexibility index (Phi) is 3.71. The summed E-state index contributed by atoms with van der Waals surface area (Å²) in [4.78, 5) is 0. The van der Waals surface area contributed by atoms with Crippen LogP contribution < -0.4 is 4.74 Å². The molecule has 0 saturated carbocycles. The maximum absolute atomic E-state index is 12.3. The van der Waals surface area contributed by atoms with Crippen molar-refractivity contribution in [3.8, 4) is 5.75 Å². The first kappa shape index (κ1) is 13.8. The molecule has 0 saturated heterocycles. The van der Waals surface area contributed by atoms with E-state index >= 15 is 0 Å². The molecular formula is C12H15F3O2. The zero-order chi connectivity index (χ0) is 13.3.